The number of hydrogen-bond acceptors (Lipinski definition) is 3. The Bertz CT molecular complexity index is 633. The van der Waals surface area contributed by atoms with Gasteiger partial charge in [0.1, 0.15) is 5.76 Å². The number of carbonyl (C=O) groups is 1. The third-order valence-corrected chi connectivity index (χ3v) is 3.26. The van der Waals surface area contributed by atoms with Crippen LogP contribution in [0, 0.1) is 6.92 Å². The number of aliphatic imine (C=N–C) groups is 1. The Morgan fingerprint density at radius 2 is 1.87 bits per heavy atom. The van der Waals surface area contributed by atoms with Gasteiger partial charge < -0.3 is 20.4 Å². The zero-order valence-corrected chi connectivity index (χ0v) is 13.4. The Morgan fingerprint density at radius 3 is 2.52 bits per heavy atom. The van der Waals surface area contributed by atoms with E-state index in [2.05, 4.69) is 52.1 Å². The molecule has 0 spiro atoms. The Morgan fingerprint density at radius 1 is 1.09 bits per heavy atom. The molecule has 23 heavy (non-hydrogen) atoms. The van der Waals surface area contributed by atoms with E-state index in [1.165, 1.54) is 5.56 Å². The van der Waals surface area contributed by atoms with Crippen LogP contribution < -0.4 is 16.0 Å². The lowest BCUT2D eigenvalue weighted by atomic mass is 10.1. The zero-order valence-electron chi connectivity index (χ0n) is 13.4. The van der Waals surface area contributed by atoms with Crippen molar-refractivity contribution in [1.29, 1.82) is 0 Å². The highest BCUT2D eigenvalue weighted by molar-refractivity contribution is 5.86. The second-order valence-corrected chi connectivity index (χ2v) is 5.12. The number of furan rings is 1. The summed E-state index contributed by atoms with van der Waals surface area (Å²) in [4.78, 5) is 15.9. The molecule has 1 heterocycles. The van der Waals surface area contributed by atoms with E-state index >= 15 is 0 Å². The summed E-state index contributed by atoms with van der Waals surface area (Å²) in [5, 5.41) is 8.91. The quantitative estimate of drug-likeness (QED) is 0.558. The number of amides is 1. The highest BCUT2D eigenvalue weighted by Gasteiger charge is 2.04. The molecule has 0 aliphatic rings. The van der Waals surface area contributed by atoms with Gasteiger partial charge in [-0.25, -0.2) is 0 Å². The molecule has 0 atom stereocenters. The van der Waals surface area contributed by atoms with Crippen LogP contribution in [0.4, 0.5) is 0 Å². The number of guanidine groups is 1. The van der Waals surface area contributed by atoms with E-state index in [1.54, 1.807) is 19.4 Å². The molecule has 0 saturated carbocycles. The minimum absolute atomic E-state index is 0.125. The summed E-state index contributed by atoms with van der Waals surface area (Å²) in [6, 6.07) is 11.9. The van der Waals surface area contributed by atoms with E-state index in [0.717, 1.165) is 11.3 Å². The van der Waals surface area contributed by atoms with Crippen LogP contribution in [0.5, 0.6) is 0 Å². The van der Waals surface area contributed by atoms with Gasteiger partial charge in [-0.15, -0.1) is 0 Å². The van der Waals surface area contributed by atoms with Crippen LogP contribution in [0.3, 0.4) is 0 Å². The maximum Gasteiger partial charge on any atom is 0.239 e. The van der Waals surface area contributed by atoms with Crippen molar-refractivity contribution in [3.05, 3.63) is 59.5 Å². The number of aryl methyl sites for hydroxylation is 1. The lowest BCUT2D eigenvalue weighted by Crippen LogP contribution is -2.42. The van der Waals surface area contributed by atoms with Crippen LogP contribution in [-0.2, 0) is 17.9 Å². The van der Waals surface area contributed by atoms with Crippen molar-refractivity contribution in [3.63, 3.8) is 0 Å². The van der Waals surface area contributed by atoms with Gasteiger partial charge in [0, 0.05) is 13.6 Å². The molecule has 0 unspecified atom stereocenters. The molecule has 0 aliphatic carbocycles. The Labute approximate surface area is 136 Å². The fourth-order valence-corrected chi connectivity index (χ4v) is 1.94. The summed E-state index contributed by atoms with van der Waals surface area (Å²) in [7, 11) is 1.67. The minimum atomic E-state index is -0.125. The van der Waals surface area contributed by atoms with Crippen molar-refractivity contribution in [3.8, 4) is 0 Å². The van der Waals surface area contributed by atoms with E-state index in [1.807, 2.05) is 6.07 Å². The van der Waals surface area contributed by atoms with Crippen molar-refractivity contribution in [2.45, 2.75) is 20.0 Å². The highest BCUT2D eigenvalue weighted by Crippen LogP contribution is 2.02. The first-order valence-corrected chi connectivity index (χ1v) is 7.46. The predicted molar refractivity (Wildman–Crippen MR) is 89.9 cm³/mol. The third kappa shape index (κ3) is 5.86. The van der Waals surface area contributed by atoms with Gasteiger partial charge in [0.15, 0.2) is 5.96 Å². The molecule has 0 radical (unpaired) electrons. The molecular formula is C17H22N4O2. The lowest BCUT2D eigenvalue weighted by molar-refractivity contribution is -0.120. The fraction of sp³-hybridized carbons (Fsp3) is 0.294. The highest BCUT2D eigenvalue weighted by atomic mass is 16.3. The van der Waals surface area contributed by atoms with Gasteiger partial charge in [-0.05, 0) is 24.6 Å². The van der Waals surface area contributed by atoms with E-state index in [0.29, 0.717) is 19.0 Å². The fourth-order valence-electron chi connectivity index (χ4n) is 1.94. The molecule has 1 aromatic heterocycles. The lowest BCUT2D eigenvalue weighted by Gasteiger charge is -2.12. The first-order valence-electron chi connectivity index (χ1n) is 7.46. The maximum absolute atomic E-state index is 11.8. The zero-order chi connectivity index (χ0) is 16.5. The van der Waals surface area contributed by atoms with Crippen molar-refractivity contribution < 1.29 is 9.21 Å². The first kappa shape index (κ1) is 16.6. The second kappa shape index (κ2) is 8.63. The van der Waals surface area contributed by atoms with Crippen LogP contribution in [-0.4, -0.2) is 25.5 Å². The molecule has 1 amide bonds. The van der Waals surface area contributed by atoms with Gasteiger partial charge in [0.05, 0.1) is 19.4 Å². The summed E-state index contributed by atoms with van der Waals surface area (Å²) >= 11 is 0. The molecule has 0 fully saturated rings. The summed E-state index contributed by atoms with van der Waals surface area (Å²) in [6.45, 7) is 3.23. The molecule has 6 nitrogen and oxygen atoms in total. The Balaban J connectivity index is 1.69. The van der Waals surface area contributed by atoms with Crippen LogP contribution in [0.2, 0.25) is 0 Å². The largest absolute Gasteiger partial charge is 0.467 e. The third-order valence-electron chi connectivity index (χ3n) is 3.26. The van der Waals surface area contributed by atoms with Gasteiger partial charge >= 0.3 is 0 Å². The minimum Gasteiger partial charge on any atom is -0.467 e. The summed E-state index contributed by atoms with van der Waals surface area (Å²) in [5.74, 6) is 1.18. The molecule has 3 N–H and O–H groups in total. The maximum atomic E-state index is 11.8. The van der Waals surface area contributed by atoms with Crippen molar-refractivity contribution >= 4 is 11.9 Å². The SMILES string of the molecule is CN=C(NCC(=O)NCc1ccco1)NCc1ccc(C)cc1. The predicted octanol–water partition coefficient (Wildman–Crippen LogP) is 1.57. The molecular weight excluding hydrogens is 292 g/mol. The van der Waals surface area contributed by atoms with Gasteiger partial charge in [0.2, 0.25) is 5.91 Å². The van der Waals surface area contributed by atoms with Crippen molar-refractivity contribution in [2.75, 3.05) is 13.6 Å². The van der Waals surface area contributed by atoms with E-state index < -0.39 is 0 Å². The topological polar surface area (TPSA) is 78.7 Å². The van der Waals surface area contributed by atoms with E-state index in [-0.39, 0.29) is 12.5 Å². The average molecular weight is 314 g/mol. The smallest absolute Gasteiger partial charge is 0.239 e. The monoisotopic (exact) mass is 314 g/mol. The Hall–Kier alpha value is -2.76. The van der Waals surface area contributed by atoms with Crippen LogP contribution in [0.1, 0.15) is 16.9 Å². The number of nitrogens with one attached hydrogen (secondary N) is 3. The molecule has 6 heteroatoms. The number of hydrogen-bond donors (Lipinski definition) is 3. The van der Waals surface area contributed by atoms with Crippen LogP contribution in [0.25, 0.3) is 0 Å². The van der Waals surface area contributed by atoms with Gasteiger partial charge in [-0.2, -0.15) is 0 Å². The standard InChI is InChI=1S/C17H22N4O2/c1-13-5-7-14(8-6-13)10-20-17(18-2)21-12-16(22)19-11-15-4-3-9-23-15/h3-9H,10-12H2,1-2H3,(H,19,22)(H2,18,20,21). The number of rotatable bonds is 6. The van der Waals surface area contributed by atoms with Gasteiger partial charge in [0.25, 0.3) is 0 Å². The molecule has 1 aromatic carbocycles. The molecule has 2 aromatic rings. The number of carbonyl (C=O) groups excluding carboxylic acids is 1. The summed E-state index contributed by atoms with van der Waals surface area (Å²) in [6.07, 6.45) is 1.58. The summed E-state index contributed by atoms with van der Waals surface area (Å²) < 4.78 is 5.16. The van der Waals surface area contributed by atoms with E-state index in [9.17, 15) is 4.79 Å². The molecule has 0 aliphatic heterocycles. The van der Waals surface area contributed by atoms with E-state index in [4.69, 9.17) is 4.42 Å². The molecule has 122 valence electrons. The normalized spacial score (nSPS) is 11.1. The summed E-state index contributed by atoms with van der Waals surface area (Å²) in [5.41, 5.74) is 2.38. The number of benzene rings is 1. The molecule has 0 saturated heterocycles. The first-order chi connectivity index (χ1) is 11.2. The number of nitrogens with zero attached hydrogens (tertiary/aromatic N) is 1. The molecule has 0 bridgehead atoms. The van der Waals surface area contributed by atoms with Crippen molar-refractivity contribution in [2.24, 2.45) is 4.99 Å². The van der Waals surface area contributed by atoms with Crippen molar-refractivity contribution in [1.82, 2.24) is 16.0 Å². The van der Waals surface area contributed by atoms with Gasteiger partial charge in [-0.3, -0.25) is 9.79 Å². The average Bonchev–Trinajstić information content (AvgIpc) is 3.08. The van der Waals surface area contributed by atoms with Crippen LogP contribution >= 0.6 is 0 Å². The molecule has 2 rings (SSSR count). The van der Waals surface area contributed by atoms with Crippen LogP contribution in [0.15, 0.2) is 52.1 Å². The van der Waals surface area contributed by atoms with Gasteiger partial charge in [-0.1, -0.05) is 29.8 Å². The second-order valence-electron chi connectivity index (χ2n) is 5.12. The Kier molecular flexibility index (Phi) is 6.23.